The standard InChI is InChI=1S/C16H19N3O4/c1-19-16(17-11-18-19)7-5-13(20)12-4-6-14(15(10-12)22-3)23-9-8-21-2/h4-7,10-11H,8-9H2,1-3H3/b7-5+. The van der Waals surface area contributed by atoms with Gasteiger partial charge in [-0.15, -0.1) is 0 Å². The minimum atomic E-state index is -0.158. The molecule has 1 aromatic carbocycles. The number of hydrogen-bond acceptors (Lipinski definition) is 6. The maximum atomic E-state index is 12.2. The molecule has 2 rings (SSSR count). The second-order valence-electron chi connectivity index (χ2n) is 4.65. The summed E-state index contributed by atoms with van der Waals surface area (Å²) >= 11 is 0. The third-order valence-corrected chi connectivity index (χ3v) is 3.12. The average Bonchev–Trinajstić information content (AvgIpc) is 2.98. The van der Waals surface area contributed by atoms with Crippen molar-refractivity contribution in [3.63, 3.8) is 0 Å². The monoisotopic (exact) mass is 317 g/mol. The third-order valence-electron chi connectivity index (χ3n) is 3.12. The fourth-order valence-electron chi connectivity index (χ4n) is 1.88. The quantitative estimate of drug-likeness (QED) is 0.419. The molecule has 1 aromatic heterocycles. The van der Waals surface area contributed by atoms with E-state index in [0.717, 1.165) is 0 Å². The number of carbonyl (C=O) groups is 1. The van der Waals surface area contributed by atoms with Crippen LogP contribution in [0.2, 0.25) is 0 Å². The highest BCUT2D eigenvalue weighted by atomic mass is 16.5. The van der Waals surface area contributed by atoms with Gasteiger partial charge in [-0.1, -0.05) is 0 Å². The zero-order valence-electron chi connectivity index (χ0n) is 13.4. The van der Waals surface area contributed by atoms with E-state index in [9.17, 15) is 4.79 Å². The summed E-state index contributed by atoms with van der Waals surface area (Å²) in [7, 11) is 4.89. The molecule has 0 saturated heterocycles. The molecule has 0 fully saturated rings. The molecule has 0 spiro atoms. The first-order valence-electron chi connectivity index (χ1n) is 7.02. The second kappa shape index (κ2) is 8.09. The molecule has 0 radical (unpaired) electrons. The first-order chi connectivity index (χ1) is 11.2. The fourth-order valence-corrected chi connectivity index (χ4v) is 1.88. The summed E-state index contributed by atoms with van der Waals surface area (Å²) in [5.74, 6) is 1.51. The Labute approximate surface area is 134 Å². The van der Waals surface area contributed by atoms with Gasteiger partial charge in [0.2, 0.25) is 0 Å². The van der Waals surface area contributed by atoms with Crippen molar-refractivity contribution >= 4 is 11.9 Å². The van der Waals surface area contributed by atoms with Gasteiger partial charge in [-0.2, -0.15) is 5.10 Å². The summed E-state index contributed by atoms with van der Waals surface area (Å²) in [5, 5.41) is 3.94. The van der Waals surface area contributed by atoms with Crippen LogP contribution in [-0.4, -0.2) is 48.0 Å². The lowest BCUT2D eigenvalue weighted by Gasteiger charge is -2.11. The number of benzene rings is 1. The molecule has 0 aliphatic heterocycles. The number of aromatic nitrogens is 3. The van der Waals surface area contributed by atoms with Crippen molar-refractivity contribution in [2.75, 3.05) is 27.4 Å². The van der Waals surface area contributed by atoms with E-state index >= 15 is 0 Å². The van der Waals surface area contributed by atoms with Crippen LogP contribution >= 0.6 is 0 Å². The maximum absolute atomic E-state index is 12.2. The Kier molecular flexibility index (Phi) is 5.87. The first kappa shape index (κ1) is 16.7. The summed E-state index contributed by atoms with van der Waals surface area (Å²) in [6, 6.07) is 5.04. The number of ketones is 1. The van der Waals surface area contributed by atoms with E-state index in [2.05, 4.69) is 10.1 Å². The van der Waals surface area contributed by atoms with Gasteiger partial charge in [-0.05, 0) is 30.4 Å². The molecular formula is C16H19N3O4. The highest BCUT2D eigenvalue weighted by Crippen LogP contribution is 2.28. The first-order valence-corrected chi connectivity index (χ1v) is 7.02. The zero-order chi connectivity index (χ0) is 16.7. The van der Waals surface area contributed by atoms with Crippen LogP contribution < -0.4 is 9.47 Å². The Bertz CT molecular complexity index is 694. The Balaban J connectivity index is 2.11. The lowest BCUT2D eigenvalue weighted by atomic mass is 10.1. The van der Waals surface area contributed by atoms with Crippen LogP contribution in [0.3, 0.4) is 0 Å². The molecule has 2 aromatic rings. The molecule has 0 atom stereocenters. The van der Waals surface area contributed by atoms with Crippen LogP contribution in [0.1, 0.15) is 16.2 Å². The molecule has 0 amide bonds. The van der Waals surface area contributed by atoms with Crippen LogP contribution in [0.4, 0.5) is 0 Å². The van der Waals surface area contributed by atoms with Gasteiger partial charge in [0.15, 0.2) is 23.1 Å². The number of methoxy groups -OCH3 is 2. The van der Waals surface area contributed by atoms with E-state index in [0.29, 0.717) is 36.1 Å². The van der Waals surface area contributed by atoms with Gasteiger partial charge in [-0.3, -0.25) is 4.79 Å². The van der Waals surface area contributed by atoms with Gasteiger partial charge < -0.3 is 14.2 Å². The van der Waals surface area contributed by atoms with Crippen LogP contribution in [-0.2, 0) is 11.8 Å². The number of hydrogen-bond donors (Lipinski definition) is 0. The van der Waals surface area contributed by atoms with Crippen molar-refractivity contribution < 1.29 is 19.0 Å². The van der Waals surface area contributed by atoms with Crippen molar-refractivity contribution in [2.45, 2.75) is 0 Å². The van der Waals surface area contributed by atoms with Crippen LogP contribution in [0.5, 0.6) is 11.5 Å². The van der Waals surface area contributed by atoms with Crippen molar-refractivity contribution in [1.82, 2.24) is 14.8 Å². The minimum Gasteiger partial charge on any atom is -0.493 e. The Morgan fingerprint density at radius 2 is 2.09 bits per heavy atom. The fraction of sp³-hybridized carbons (Fsp3) is 0.312. The predicted octanol–water partition coefficient (Wildman–Crippen LogP) is 1.75. The van der Waals surface area contributed by atoms with E-state index in [1.54, 1.807) is 43.1 Å². The topological polar surface area (TPSA) is 75.5 Å². The molecule has 0 unspecified atom stereocenters. The molecule has 0 saturated carbocycles. The molecule has 1 heterocycles. The number of rotatable bonds is 8. The van der Waals surface area contributed by atoms with E-state index in [-0.39, 0.29) is 5.78 Å². The average molecular weight is 317 g/mol. The minimum absolute atomic E-state index is 0.158. The third kappa shape index (κ3) is 4.40. The van der Waals surface area contributed by atoms with Crippen molar-refractivity contribution in [1.29, 1.82) is 0 Å². The molecular weight excluding hydrogens is 298 g/mol. The van der Waals surface area contributed by atoms with Crippen molar-refractivity contribution in [3.8, 4) is 11.5 Å². The Hall–Kier alpha value is -2.67. The smallest absolute Gasteiger partial charge is 0.186 e. The lowest BCUT2D eigenvalue weighted by Crippen LogP contribution is -2.06. The molecule has 122 valence electrons. The summed E-state index contributed by atoms with van der Waals surface area (Å²) < 4.78 is 17.3. The molecule has 0 aliphatic carbocycles. The number of allylic oxidation sites excluding steroid dienone is 1. The SMILES string of the molecule is COCCOc1ccc(C(=O)/C=C/c2ncnn2C)cc1OC. The van der Waals surface area contributed by atoms with Crippen LogP contribution in [0.15, 0.2) is 30.6 Å². The van der Waals surface area contributed by atoms with Crippen LogP contribution in [0.25, 0.3) is 6.08 Å². The normalized spacial score (nSPS) is 10.9. The van der Waals surface area contributed by atoms with Gasteiger partial charge in [0.1, 0.15) is 12.9 Å². The molecule has 7 heteroatoms. The van der Waals surface area contributed by atoms with Gasteiger partial charge in [0.25, 0.3) is 0 Å². The van der Waals surface area contributed by atoms with E-state index < -0.39 is 0 Å². The second-order valence-corrected chi connectivity index (χ2v) is 4.65. The summed E-state index contributed by atoms with van der Waals surface area (Å²) in [6.07, 6.45) is 4.49. The zero-order valence-corrected chi connectivity index (χ0v) is 13.4. The molecule has 0 aliphatic rings. The Morgan fingerprint density at radius 1 is 1.26 bits per heavy atom. The number of nitrogens with zero attached hydrogens (tertiary/aromatic N) is 3. The Morgan fingerprint density at radius 3 is 2.74 bits per heavy atom. The molecule has 23 heavy (non-hydrogen) atoms. The van der Waals surface area contributed by atoms with Crippen molar-refractivity contribution in [3.05, 3.63) is 42.0 Å². The van der Waals surface area contributed by atoms with E-state index in [1.807, 2.05) is 0 Å². The van der Waals surface area contributed by atoms with E-state index in [1.165, 1.54) is 19.5 Å². The highest BCUT2D eigenvalue weighted by Gasteiger charge is 2.10. The summed E-state index contributed by atoms with van der Waals surface area (Å²) in [4.78, 5) is 16.3. The predicted molar refractivity (Wildman–Crippen MR) is 84.7 cm³/mol. The number of aryl methyl sites for hydroxylation is 1. The number of carbonyl (C=O) groups excluding carboxylic acids is 1. The van der Waals surface area contributed by atoms with Gasteiger partial charge in [0.05, 0.1) is 13.7 Å². The summed E-state index contributed by atoms with van der Waals surface area (Å²) in [5.41, 5.74) is 0.499. The van der Waals surface area contributed by atoms with Crippen LogP contribution in [0, 0.1) is 0 Å². The molecule has 0 N–H and O–H groups in total. The van der Waals surface area contributed by atoms with E-state index in [4.69, 9.17) is 14.2 Å². The van der Waals surface area contributed by atoms with Gasteiger partial charge >= 0.3 is 0 Å². The lowest BCUT2D eigenvalue weighted by molar-refractivity contribution is 0.104. The molecule has 0 bridgehead atoms. The highest BCUT2D eigenvalue weighted by molar-refractivity contribution is 6.07. The number of ether oxygens (including phenoxy) is 3. The van der Waals surface area contributed by atoms with Gasteiger partial charge in [-0.25, -0.2) is 9.67 Å². The largest absolute Gasteiger partial charge is 0.493 e. The van der Waals surface area contributed by atoms with Gasteiger partial charge in [0, 0.05) is 19.7 Å². The molecule has 7 nitrogen and oxygen atoms in total. The maximum Gasteiger partial charge on any atom is 0.186 e. The summed E-state index contributed by atoms with van der Waals surface area (Å²) in [6.45, 7) is 0.885. The van der Waals surface area contributed by atoms with Crippen molar-refractivity contribution in [2.24, 2.45) is 7.05 Å².